The zero-order valence-electron chi connectivity index (χ0n) is 23.7. The lowest BCUT2D eigenvalue weighted by Crippen LogP contribution is -2.30. The Bertz CT molecular complexity index is 1630. The summed E-state index contributed by atoms with van der Waals surface area (Å²) in [5.74, 6) is -0.0818. The van der Waals surface area contributed by atoms with Crippen molar-refractivity contribution in [2.75, 3.05) is 24.9 Å². The lowest BCUT2D eigenvalue weighted by atomic mass is 10.1. The van der Waals surface area contributed by atoms with Gasteiger partial charge >= 0.3 is 0 Å². The van der Waals surface area contributed by atoms with E-state index in [1.54, 1.807) is 105 Å². The minimum Gasteiger partial charge on any atom is -0.497 e. The molecule has 1 atom stereocenters. The van der Waals surface area contributed by atoms with Gasteiger partial charge in [-0.1, -0.05) is 35.9 Å². The first kappa shape index (κ1) is 31.2. The fourth-order valence-corrected chi connectivity index (χ4v) is 4.98. The van der Waals surface area contributed by atoms with E-state index < -0.39 is 11.8 Å². The number of hydrogen-bond acceptors (Lipinski definition) is 6. The summed E-state index contributed by atoms with van der Waals surface area (Å²) in [6.45, 7) is 1.81. The smallest absolute Gasteiger partial charge is 0.272 e. The molecule has 220 valence electrons. The lowest BCUT2D eigenvalue weighted by molar-refractivity contribution is -0.115. The number of carbonyl (C=O) groups excluding carboxylic acids is 3. The lowest BCUT2D eigenvalue weighted by Gasteiger charge is -2.14. The van der Waals surface area contributed by atoms with Gasteiger partial charge in [-0.3, -0.25) is 14.4 Å². The maximum Gasteiger partial charge on any atom is 0.272 e. The van der Waals surface area contributed by atoms with Crippen LogP contribution in [0, 0.1) is 0 Å². The third-order valence-corrected chi connectivity index (χ3v) is 7.50. The Balaban J connectivity index is 1.48. The molecule has 0 radical (unpaired) electrons. The normalized spacial score (nSPS) is 11.7. The van der Waals surface area contributed by atoms with Crippen LogP contribution in [-0.4, -0.2) is 37.2 Å². The van der Waals surface area contributed by atoms with E-state index in [0.717, 1.165) is 4.90 Å². The Morgan fingerprint density at radius 1 is 0.814 bits per heavy atom. The molecule has 1 unspecified atom stereocenters. The molecule has 0 bridgehead atoms. The van der Waals surface area contributed by atoms with Crippen LogP contribution in [0.15, 0.2) is 108 Å². The van der Waals surface area contributed by atoms with E-state index in [0.29, 0.717) is 39.0 Å². The minimum atomic E-state index is -0.531. The van der Waals surface area contributed by atoms with Crippen LogP contribution in [0.25, 0.3) is 6.08 Å². The maximum absolute atomic E-state index is 13.4. The molecule has 0 saturated heterocycles. The number of benzene rings is 4. The number of amides is 3. The Morgan fingerprint density at radius 2 is 1.56 bits per heavy atom. The number of thioether (sulfide) groups is 1. The van der Waals surface area contributed by atoms with E-state index in [1.807, 2.05) is 12.1 Å². The molecule has 0 aliphatic carbocycles. The van der Waals surface area contributed by atoms with Crippen molar-refractivity contribution in [1.82, 2.24) is 5.32 Å². The van der Waals surface area contributed by atoms with Crippen molar-refractivity contribution in [2.24, 2.45) is 0 Å². The van der Waals surface area contributed by atoms with Crippen LogP contribution in [0.2, 0.25) is 5.02 Å². The second kappa shape index (κ2) is 14.9. The summed E-state index contributed by atoms with van der Waals surface area (Å²) in [6.07, 6.45) is 1.54. The largest absolute Gasteiger partial charge is 0.497 e. The Hall–Kier alpha value is -4.73. The Labute approximate surface area is 259 Å². The highest BCUT2D eigenvalue weighted by atomic mass is 35.5. The first-order chi connectivity index (χ1) is 20.7. The first-order valence-corrected chi connectivity index (χ1v) is 14.5. The molecule has 0 aromatic heterocycles. The number of rotatable bonds is 11. The number of methoxy groups -OCH3 is 2. The van der Waals surface area contributed by atoms with Crippen molar-refractivity contribution in [3.8, 4) is 11.5 Å². The number of nitrogens with one attached hydrogen (secondary N) is 3. The van der Waals surface area contributed by atoms with Gasteiger partial charge in [-0.25, -0.2) is 0 Å². The number of carbonyl (C=O) groups is 3. The van der Waals surface area contributed by atoms with Gasteiger partial charge < -0.3 is 25.4 Å². The minimum absolute atomic E-state index is 0.0158. The molecule has 4 aromatic carbocycles. The molecule has 8 nitrogen and oxygen atoms in total. The van der Waals surface area contributed by atoms with Crippen LogP contribution in [0.1, 0.15) is 22.8 Å². The third kappa shape index (κ3) is 8.88. The molecule has 4 aromatic rings. The van der Waals surface area contributed by atoms with Crippen molar-refractivity contribution in [2.45, 2.75) is 17.1 Å². The third-order valence-electron chi connectivity index (χ3n) is 6.16. The maximum atomic E-state index is 13.4. The highest BCUT2D eigenvalue weighted by Crippen LogP contribution is 2.28. The number of anilines is 2. The van der Waals surface area contributed by atoms with Gasteiger partial charge in [-0.05, 0) is 79.7 Å². The standard InChI is InChI=1S/C33H30ClN3O5S/c1-21(31(38)36-26-11-7-10-24(34)19-26)43-28-16-13-25(14-17-28)35-33(40)29(37-32(39)22-8-5-4-6-9-22)18-23-12-15-27(41-2)20-30(23)42-3/h4-21H,1-3H3,(H,35,40)(H,36,38)(H,37,39)/b29-18-. The van der Waals surface area contributed by atoms with Crippen molar-refractivity contribution in [3.63, 3.8) is 0 Å². The summed E-state index contributed by atoms with van der Waals surface area (Å²) >= 11 is 7.38. The summed E-state index contributed by atoms with van der Waals surface area (Å²) in [5, 5.41) is 8.56. The van der Waals surface area contributed by atoms with Crippen molar-refractivity contribution >= 4 is 58.5 Å². The molecule has 43 heavy (non-hydrogen) atoms. The van der Waals surface area contributed by atoms with Gasteiger partial charge in [0.15, 0.2) is 0 Å². The van der Waals surface area contributed by atoms with Crippen molar-refractivity contribution in [1.29, 1.82) is 0 Å². The molecular weight excluding hydrogens is 586 g/mol. The highest BCUT2D eigenvalue weighted by molar-refractivity contribution is 8.00. The predicted octanol–water partition coefficient (Wildman–Crippen LogP) is 6.89. The van der Waals surface area contributed by atoms with E-state index in [-0.39, 0.29) is 16.9 Å². The van der Waals surface area contributed by atoms with Crippen LogP contribution in [-0.2, 0) is 9.59 Å². The monoisotopic (exact) mass is 615 g/mol. The molecule has 0 aliphatic rings. The zero-order valence-corrected chi connectivity index (χ0v) is 25.3. The molecule has 0 heterocycles. The molecule has 10 heteroatoms. The average molecular weight is 616 g/mol. The molecule has 0 saturated carbocycles. The molecule has 4 rings (SSSR count). The van der Waals surface area contributed by atoms with Crippen molar-refractivity contribution < 1.29 is 23.9 Å². The molecule has 0 fully saturated rings. The van der Waals surface area contributed by atoms with Crippen LogP contribution in [0.3, 0.4) is 0 Å². The number of ether oxygens (including phenoxy) is 2. The van der Waals surface area contributed by atoms with E-state index >= 15 is 0 Å². The van der Waals surface area contributed by atoms with Crippen molar-refractivity contribution in [3.05, 3.63) is 119 Å². The van der Waals surface area contributed by atoms with Gasteiger partial charge in [0.2, 0.25) is 5.91 Å². The quantitative estimate of drug-likeness (QED) is 0.125. The van der Waals surface area contributed by atoms with E-state index in [4.69, 9.17) is 21.1 Å². The highest BCUT2D eigenvalue weighted by Gasteiger charge is 2.18. The second-order valence-corrected chi connectivity index (χ2v) is 11.1. The first-order valence-electron chi connectivity index (χ1n) is 13.2. The van der Waals surface area contributed by atoms with Gasteiger partial charge in [0, 0.05) is 38.5 Å². The number of hydrogen-bond donors (Lipinski definition) is 3. The molecule has 3 amide bonds. The topological polar surface area (TPSA) is 106 Å². The summed E-state index contributed by atoms with van der Waals surface area (Å²) in [7, 11) is 3.05. The molecular formula is C33H30ClN3O5S. The van der Waals surface area contributed by atoms with Crippen LogP contribution >= 0.6 is 23.4 Å². The second-order valence-electron chi connectivity index (χ2n) is 9.22. The Kier molecular flexibility index (Phi) is 10.9. The van der Waals surface area contributed by atoms with E-state index in [1.165, 1.54) is 18.9 Å². The van der Waals surface area contributed by atoms with E-state index in [2.05, 4.69) is 16.0 Å². The summed E-state index contributed by atoms with van der Waals surface area (Å²) in [5.41, 5.74) is 2.11. The summed E-state index contributed by atoms with van der Waals surface area (Å²) in [4.78, 5) is 39.9. The van der Waals surface area contributed by atoms with Gasteiger partial charge in [-0.2, -0.15) is 0 Å². The van der Waals surface area contributed by atoms with Gasteiger partial charge in [0.25, 0.3) is 11.8 Å². The fourth-order valence-electron chi connectivity index (χ4n) is 3.92. The van der Waals surface area contributed by atoms with Gasteiger partial charge in [0.1, 0.15) is 17.2 Å². The van der Waals surface area contributed by atoms with Crippen LogP contribution < -0.4 is 25.4 Å². The van der Waals surface area contributed by atoms with Gasteiger partial charge in [-0.15, -0.1) is 11.8 Å². The Morgan fingerprint density at radius 3 is 2.23 bits per heavy atom. The van der Waals surface area contributed by atoms with Crippen LogP contribution in [0.5, 0.6) is 11.5 Å². The van der Waals surface area contributed by atoms with Gasteiger partial charge in [0.05, 0.1) is 19.5 Å². The molecule has 3 N–H and O–H groups in total. The SMILES string of the molecule is COc1ccc(/C=C(\NC(=O)c2ccccc2)C(=O)Nc2ccc(SC(C)C(=O)Nc3cccc(Cl)c3)cc2)c(OC)c1. The van der Waals surface area contributed by atoms with Crippen LogP contribution in [0.4, 0.5) is 11.4 Å². The average Bonchev–Trinajstić information content (AvgIpc) is 3.02. The fraction of sp³-hybridized carbons (Fsp3) is 0.121. The summed E-state index contributed by atoms with van der Waals surface area (Å²) < 4.78 is 10.7. The molecule has 0 spiro atoms. The summed E-state index contributed by atoms with van der Waals surface area (Å²) in [6, 6.07) is 27.8. The molecule has 0 aliphatic heterocycles. The zero-order chi connectivity index (χ0) is 30.8. The van der Waals surface area contributed by atoms with E-state index in [9.17, 15) is 14.4 Å². The predicted molar refractivity (Wildman–Crippen MR) is 172 cm³/mol. The number of halogens is 1.